The molecule has 0 radical (unpaired) electrons. The second-order valence-electron chi connectivity index (χ2n) is 6.07. The van der Waals surface area contributed by atoms with Crippen LogP contribution in [0.2, 0.25) is 0 Å². The summed E-state index contributed by atoms with van der Waals surface area (Å²) in [6, 6.07) is 0.114. The first-order valence-electron chi connectivity index (χ1n) is 6.58. The SMILES string of the molecule is CN1C(CCC(=O)O)C(=O)N(C2CC2)CC1(C)C. The van der Waals surface area contributed by atoms with Crippen LogP contribution in [0.3, 0.4) is 0 Å². The summed E-state index contributed by atoms with van der Waals surface area (Å²) in [5.74, 6) is -0.724. The number of amides is 1. The fourth-order valence-corrected chi connectivity index (χ4v) is 2.66. The largest absolute Gasteiger partial charge is 0.481 e. The summed E-state index contributed by atoms with van der Waals surface area (Å²) in [7, 11) is 1.93. The number of carboxylic acid groups (broad SMARTS) is 1. The number of nitrogens with zero attached hydrogens (tertiary/aromatic N) is 2. The van der Waals surface area contributed by atoms with Crippen molar-refractivity contribution in [2.24, 2.45) is 0 Å². The molecule has 1 atom stereocenters. The van der Waals surface area contributed by atoms with Gasteiger partial charge in [-0.1, -0.05) is 0 Å². The van der Waals surface area contributed by atoms with Gasteiger partial charge in [0, 0.05) is 24.5 Å². The van der Waals surface area contributed by atoms with Gasteiger partial charge in [-0.15, -0.1) is 0 Å². The Labute approximate surface area is 108 Å². The van der Waals surface area contributed by atoms with Crippen LogP contribution in [0.5, 0.6) is 0 Å². The lowest BCUT2D eigenvalue weighted by Crippen LogP contribution is -2.65. The number of carbonyl (C=O) groups excluding carboxylic acids is 1. The predicted octanol–water partition coefficient (Wildman–Crippen LogP) is 0.935. The second kappa shape index (κ2) is 4.53. The zero-order valence-electron chi connectivity index (χ0n) is 11.3. The molecule has 2 rings (SSSR count). The quantitative estimate of drug-likeness (QED) is 0.811. The molecule has 102 valence electrons. The number of carbonyl (C=O) groups is 2. The highest BCUT2D eigenvalue weighted by atomic mass is 16.4. The third-order valence-corrected chi connectivity index (χ3v) is 4.17. The van der Waals surface area contributed by atoms with E-state index in [9.17, 15) is 9.59 Å². The molecule has 18 heavy (non-hydrogen) atoms. The molecule has 5 nitrogen and oxygen atoms in total. The van der Waals surface area contributed by atoms with Crippen LogP contribution in [0.25, 0.3) is 0 Å². The molecule has 1 heterocycles. The molecule has 1 N–H and O–H groups in total. The lowest BCUT2D eigenvalue weighted by atomic mass is 9.93. The van der Waals surface area contributed by atoms with Crippen LogP contribution in [0.1, 0.15) is 39.5 Å². The van der Waals surface area contributed by atoms with E-state index in [0.717, 1.165) is 19.4 Å². The number of rotatable bonds is 4. The monoisotopic (exact) mass is 254 g/mol. The van der Waals surface area contributed by atoms with Gasteiger partial charge in [-0.05, 0) is 40.2 Å². The number of piperazine rings is 1. The van der Waals surface area contributed by atoms with Crippen LogP contribution in [0, 0.1) is 0 Å². The first-order chi connectivity index (χ1) is 8.33. The molecule has 1 unspecified atom stereocenters. The molecular formula is C13H22N2O3. The summed E-state index contributed by atoms with van der Waals surface area (Å²) in [6.45, 7) is 4.97. The summed E-state index contributed by atoms with van der Waals surface area (Å²) < 4.78 is 0. The van der Waals surface area contributed by atoms with Gasteiger partial charge in [0.25, 0.3) is 0 Å². The summed E-state index contributed by atoms with van der Waals surface area (Å²) in [5, 5.41) is 8.79. The van der Waals surface area contributed by atoms with Crippen LogP contribution < -0.4 is 0 Å². The molecule has 2 aliphatic rings. The molecule has 1 aliphatic carbocycles. The smallest absolute Gasteiger partial charge is 0.303 e. The van der Waals surface area contributed by atoms with E-state index in [0.29, 0.717) is 12.5 Å². The maximum Gasteiger partial charge on any atom is 0.303 e. The van der Waals surface area contributed by atoms with E-state index in [4.69, 9.17) is 5.11 Å². The van der Waals surface area contributed by atoms with Gasteiger partial charge in [0.05, 0.1) is 6.04 Å². The molecule has 0 aromatic carbocycles. The fraction of sp³-hybridized carbons (Fsp3) is 0.846. The molecule has 0 aromatic rings. The van der Waals surface area contributed by atoms with Crippen molar-refractivity contribution in [2.45, 2.75) is 57.2 Å². The number of likely N-dealkylation sites (N-methyl/N-ethyl adjacent to an activating group) is 1. The minimum absolute atomic E-state index is 0.0509. The van der Waals surface area contributed by atoms with Crippen molar-refractivity contribution in [3.63, 3.8) is 0 Å². The normalized spacial score (nSPS) is 28.5. The maximum atomic E-state index is 12.4. The average Bonchev–Trinajstić information content (AvgIpc) is 3.07. The Kier molecular flexibility index (Phi) is 3.36. The van der Waals surface area contributed by atoms with Gasteiger partial charge in [-0.25, -0.2) is 0 Å². The molecule has 1 saturated carbocycles. The molecule has 5 heteroatoms. The topological polar surface area (TPSA) is 60.9 Å². The van der Waals surface area contributed by atoms with Gasteiger partial charge in [-0.2, -0.15) is 0 Å². The summed E-state index contributed by atoms with van der Waals surface area (Å²) in [4.78, 5) is 27.1. The highest BCUT2D eigenvalue weighted by molar-refractivity contribution is 5.84. The summed E-state index contributed by atoms with van der Waals surface area (Å²) >= 11 is 0. The Bertz CT molecular complexity index is 363. The minimum atomic E-state index is -0.836. The van der Waals surface area contributed by atoms with Crippen molar-refractivity contribution < 1.29 is 14.7 Å². The molecule has 0 bridgehead atoms. The van der Waals surface area contributed by atoms with Crippen LogP contribution >= 0.6 is 0 Å². The molecule has 2 fully saturated rings. The number of aliphatic carboxylic acids is 1. The third kappa shape index (κ3) is 2.51. The first-order valence-corrected chi connectivity index (χ1v) is 6.58. The highest BCUT2D eigenvalue weighted by Gasteiger charge is 2.47. The zero-order valence-corrected chi connectivity index (χ0v) is 11.3. The van der Waals surface area contributed by atoms with Gasteiger partial charge < -0.3 is 10.0 Å². The number of hydrogen-bond donors (Lipinski definition) is 1. The molecule has 1 saturated heterocycles. The third-order valence-electron chi connectivity index (χ3n) is 4.17. The van der Waals surface area contributed by atoms with Gasteiger partial charge in [0.2, 0.25) is 5.91 Å². The van der Waals surface area contributed by atoms with Gasteiger partial charge >= 0.3 is 5.97 Å². The van der Waals surface area contributed by atoms with Gasteiger partial charge in [0.1, 0.15) is 0 Å². The van der Waals surface area contributed by atoms with E-state index in [2.05, 4.69) is 13.8 Å². The van der Waals surface area contributed by atoms with Crippen molar-refractivity contribution in [3.8, 4) is 0 Å². The molecule has 0 aromatic heterocycles. The first kappa shape index (κ1) is 13.3. The number of hydrogen-bond acceptors (Lipinski definition) is 3. The Morgan fingerprint density at radius 2 is 2.06 bits per heavy atom. The second-order valence-corrected chi connectivity index (χ2v) is 6.07. The molecular weight excluding hydrogens is 232 g/mol. The van der Waals surface area contributed by atoms with Crippen molar-refractivity contribution in [1.82, 2.24) is 9.80 Å². The lowest BCUT2D eigenvalue weighted by molar-refractivity contribution is -0.150. The predicted molar refractivity (Wildman–Crippen MR) is 67.2 cm³/mol. The Morgan fingerprint density at radius 3 is 2.56 bits per heavy atom. The Hall–Kier alpha value is -1.10. The summed E-state index contributed by atoms with van der Waals surface area (Å²) in [6.07, 6.45) is 2.64. The van der Waals surface area contributed by atoms with Crippen molar-refractivity contribution in [1.29, 1.82) is 0 Å². The number of carboxylic acids is 1. The van der Waals surface area contributed by atoms with E-state index < -0.39 is 5.97 Å². The maximum absolute atomic E-state index is 12.4. The van der Waals surface area contributed by atoms with Crippen LogP contribution in [-0.4, -0.2) is 58.0 Å². The van der Waals surface area contributed by atoms with E-state index in [1.54, 1.807) is 0 Å². The average molecular weight is 254 g/mol. The van der Waals surface area contributed by atoms with Crippen LogP contribution in [-0.2, 0) is 9.59 Å². The Balaban J connectivity index is 2.12. The minimum Gasteiger partial charge on any atom is -0.481 e. The molecule has 1 aliphatic heterocycles. The van der Waals surface area contributed by atoms with Crippen molar-refractivity contribution >= 4 is 11.9 Å². The van der Waals surface area contributed by atoms with Crippen LogP contribution in [0.15, 0.2) is 0 Å². The highest BCUT2D eigenvalue weighted by Crippen LogP contribution is 2.35. The molecule has 0 spiro atoms. The van der Waals surface area contributed by atoms with Crippen molar-refractivity contribution in [3.05, 3.63) is 0 Å². The van der Waals surface area contributed by atoms with Gasteiger partial charge in [0.15, 0.2) is 0 Å². The van der Waals surface area contributed by atoms with Crippen molar-refractivity contribution in [2.75, 3.05) is 13.6 Å². The van der Waals surface area contributed by atoms with Gasteiger partial charge in [-0.3, -0.25) is 14.5 Å². The van der Waals surface area contributed by atoms with Crippen LogP contribution in [0.4, 0.5) is 0 Å². The van der Waals surface area contributed by atoms with E-state index in [1.807, 2.05) is 16.8 Å². The fourth-order valence-electron chi connectivity index (χ4n) is 2.66. The molecule has 1 amide bonds. The van der Waals surface area contributed by atoms with E-state index >= 15 is 0 Å². The zero-order chi connectivity index (χ0) is 13.5. The van der Waals surface area contributed by atoms with E-state index in [-0.39, 0.29) is 23.9 Å². The summed E-state index contributed by atoms with van der Waals surface area (Å²) in [5.41, 5.74) is -0.0837. The van der Waals surface area contributed by atoms with E-state index in [1.165, 1.54) is 0 Å². The standard InChI is InChI=1S/C13H22N2O3/c1-13(2)8-15(9-4-5-9)12(18)10(14(13)3)6-7-11(16)17/h9-10H,4-8H2,1-3H3,(H,16,17). The lowest BCUT2D eigenvalue weighted by Gasteiger charge is -2.49. The Morgan fingerprint density at radius 1 is 1.44 bits per heavy atom.